The van der Waals surface area contributed by atoms with Crippen molar-refractivity contribution in [3.63, 3.8) is 0 Å². The van der Waals surface area contributed by atoms with Crippen LogP contribution in [0, 0.1) is 10.1 Å². The Bertz CT molecular complexity index is 444. The highest BCUT2D eigenvalue weighted by atomic mass is 16.6. The minimum atomic E-state index is -0.734. The molecular formula is C9H10N4O3. The standard InChI is InChI=1S/C9H10N4O3/c1-2-3-11-9(14)7-4-6(10)5-12-8(7)13(15)16/h2,4-5H,1,3,10H2,(H,11,14). The molecule has 0 radical (unpaired) electrons. The number of nitro groups is 1. The summed E-state index contributed by atoms with van der Waals surface area (Å²) < 4.78 is 0. The van der Waals surface area contributed by atoms with Crippen molar-refractivity contribution in [3.8, 4) is 0 Å². The number of nitrogens with zero attached hydrogens (tertiary/aromatic N) is 2. The van der Waals surface area contributed by atoms with Crippen LogP contribution in [0.2, 0.25) is 0 Å². The van der Waals surface area contributed by atoms with Gasteiger partial charge in [0.1, 0.15) is 5.56 Å². The topological polar surface area (TPSA) is 111 Å². The summed E-state index contributed by atoms with van der Waals surface area (Å²) in [4.78, 5) is 24.9. The first-order valence-electron chi connectivity index (χ1n) is 4.35. The van der Waals surface area contributed by atoms with Crippen molar-refractivity contribution < 1.29 is 9.72 Å². The predicted octanol–water partition coefficient (Wildman–Crippen LogP) is 0.488. The van der Waals surface area contributed by atoms with E-state index in [0.717, 1.165) is 6.20 Å². The molecule has 7 nitrogen and oxygen atoms in total. The average Bonchev–Trinajstić information content (AvgIpc) is 2.25. The highest BCUT2D eigenvalue weighted by molar-refractivity contribution is 5.98. The minimum Gasteiger partial charge on any atom is -0.396 e. The Hall–Kier alpha value is -2.44. The number of nitrogens with one attached hydrogen (secondary N) is 1. The molecule has 0 saturated carbocycles. The molecule has 0 atom stereocenters. The maximum Gasteiger partial charge on any atom is 0.376 e. The Kier molecular flexibility index (Phi) is 3.54. The Morgan fingerprint density at radius 1 is 1.75 bits per heavy atom. The molecule has 0 fully saturated rings. The quantitative estimate of drug-likeness (QED) is 0.437. The fraction of sp³-hybridized carbons (Fsp3) is 0.111. The van der Waals surface area contributed by atoms with Gasteiger partial charge in [0, 0.05) is 6.54 Å². The third kappa shape index (κ3) is 2.53. The van der Waals surface area contributed by atoms with Crippen LogP contribution in [0.3, 0.4) is 0 Å². The van der Waals surface area contributed by atoms with Crippen LogP contribution in [0.1, 0.15) is 10.4 Å². The fourth-order valence-corrected chi connectivity index (χ4v) is 1.05. The third-order valence-electron chi connectivity index (χ3n) is 1.71. The zero-order valence-electron chi connectivity index (χ0n) is 8.34. The van der Waals surface area contributed by atoms with Gasteiger partial charge < -0.3 is 21.2 Å². The number of nitrogen functional groups attached to an aromatic ring is 1. The molecule has 1 amide bonds. The molecule has 3 N–H and O–H groups in total. The molecular weight excluding hydrogens is 212 g/mol. The average molecular weight is 222 g/mol. The van der Waals surface area contributed by atoms with Gasteiger partial charge in [-0.1, -0.05) is 6.08 Å². The summed E-state index contributed by atoms with van der Waals surface area (Å²) in [5, 5.41) is 13.0. The molecule has 16 heavy (non-hydrogen) atoms. The van der Waals surface area contributed by atoms with Crippen molar-refractivity contribution in [2.75, 3.05) is 12.3 Å². The predicted molar refractivity (Wildman–Crippen MR) is 57.8 cm³/mol. The number of pyridine rings is 1. The van der Waals surface area contributed by atoms with Crippen molar-refractivity contribution in [1.82, 2.24) is 10.3 Å². The number of hydrogen-bond acceptors (Lipinski definition) is 5. The molecule has 0 aliphatic rings. The van der Waals surface area contributed by atoms with Crippen molar-refractivity contribution in [3.05, 3.63) is 40.6 Å². The maximum atomic E-state index is 11.5. The number of carbonyl (C=O) groups is 1. The molecule has 0 bridgehead atoms. The molecule has 1 heterocycles. The van der Waals surface area contributed by atoms with E-state index in [1.807, 2.05) is 0 Å². The summed E-state index contributed by atoms with van der Waals surface area (Å²) in [5.74, 6) is -1.12. The van der Waals surface area contributed by atoms with Gasteiger partial charge in [-0.2, -0.15) is 0 Å². The van der Waals surface area contributed by atoms with Crippen LogP contribution in [0.5, 0.6) is 0 Å². The highest BCUT2D eigenvalue weighted by Crippen LogP contribution is 2.17. The van der Waals surface area contributed by atoms with Crippen LogP contribution in [0.4, 0.5) is 11.5 Å². The molecule has 0 aromatic carbocycles. The molecule has 0 aliphatic heterocycles. The smallest absolute Gasteiger partial charge is 0.376 e. The van der Waals surface area contributed by atoms with Crippen molar-refractivity contribution >= 4 is 17.4 Å². The van der Waals surface area contributed by atoms with Gasteiger partial charge in [0.05, 0.1) is 5.69 Å². The third-order valence-corrected chi connectivity index (χ3v) is 1.71. The molecule has 1 aromatic rings. The van der Waals surface area contributed by atoms with Crippen LogP contribution in [-0.2, 0) is 0 Å². The van der Waals surface area contributed by atoms with E-state index in [4.69, 9.17) is 5.73 Å². The van der Waals surface area contributed by atoms with Gasteiger partial charge in [0.2, 0.25) is 0 Å². The van der Waals surface area contributed by atoms with Gasteiger partial charge in [-0.3, -0.25) is 4.79 Å². The zero-order chi connectivity index (χ0) is 12.1. The summed E-state index contributed by atoms with van der Waals surface area (Å²) in [6.45, 7) is 3.63. The molecule has 0 unspecified atom stereocenters. The van der Waals surface area contributed by atoms with Crippen molar-refractivity contribution in [2.45, 2.75) is 0 Å². The molecule has 0 aliphatic carbocycles. The fourth-order valence-electron chi connectivity index (χ4n) is 1.05. The molecule has 7 heteroatoms. The van der Waals surface area contributed by atoms with E-state index in [9.17, 15) is 14.9 Å². The second-order valence-electron chi connectivity index (χ2n) is 2.90. The molecule has 1 aromatic heterocycles. The molecule has 0 spiro atoms. The molecule has 1 rings (SSSR count). The van der Waals surface area contributed by atoms with Gasteiger partial charge in [-0.15, -0.1) is 6.58 Å². The van der Waals surface area contributed by atoms with Gasteiger partial charge in [0.25, 0.3) is 5.91 Å². The lowest BCUT2D eigenvalue weighted by molar-refractivity contribution is -0.389. The number of amides is 1. The van der Waals surface area contributed by atoms with Gasteiger partial charge >= 0.3 is 5.82 Å². The Morgan fingerprint density at radius 3 is 3.00 bits per heavy atom. The molecule has 0 saturated heterocycles. The summed E-state index contributed by atoms with van der Waals surface area (Å²) in [6.07, 6.45) is 2.59. The first-order chi connectivity index (χ1) is 7.56. The van der Waals surface area contributed by atoms with Gasteiger partial charge in [-0.05, 0) is 16.0 Å². The van der Waals surface area contributed by atoms with Crippen LogP contribution in [0.25, 0.3) is 0 Å². The lowest BCUT2D eigenvalue weighted by atomic mass is 10.2. The van der Waals surface area contributed by atoms with E-state index >= 15 is 0 Å². The SMILES string of the molecule is C=CCNC(=O)c1cc(N)cnc1[N+](=O)[O-]. The second kappa shape index (κ2) is 4.87. The van der Waals surface area contributed by atoms with E-state index in [1.54, 1.807) is 0 Å². The number of rotatable bonds is 4. The Balaban J connectivity index is 3.09. The maximum absolute atomic E-state index is 11.5. The van der Waals surface area contributed by atoms with E-state index in [-0.39, 0.29) is 17.8 Å². The van der Waals surface area contributed by atoms with E-state index in [0.29, 0.717) is 0 Å². The van der Waals surface area contributed by atoms with E-state index < -0.39 is 16.6 Å². The summed E-state index contributed by atoms with van der Waals surface area (Å²) >= 11 is 0. The number of carbonyl (C=O) groups excluding carboxylic acids is 1. The summed E-state index contributed by atoms with van der Waals surface area (Å²) in [5.41, 5.74) is 5.44. The zero-order valence-corrected chi connectivity index (χ0v) is 8.34. The van der Waals surface area contributed by atoms with Crippen molar-refractivity contribution in [1.29, 1.82) is 0 Å². The van der Waals surface area contributed by atoms with Crippen LogP contribution in [-0.4, -0.2) is 22.4 Å². The lowest BCUT2D eigenvalue weighted by Gasteiger charge is -2.03. The van der Waals surface area contributed by atoms with Crippen LogP contribution < -0.4 is 11.1 Å². The highest BCUT2D eigenvalue weighted by Gasteiger charge is 2.21. The van der Waals surface area contributed by atoms with Gasteiger partial charge in [-0.25, -0.2) is 0 Å². The number of nitrogens with two attached hydrogens (primary N) is 1. The lowest BCUT2D eigenvalue weighted by Crippen LogP contribution is -2.24. The largest absolute Gasteiger partial charge is 0.396 e. The Morgan fingerprint density at radius 2 is 2.44 bits per heavy atom. The van der Waals surface area contributed by atoms with E-state index in [1.165, 1.54) is 12.1 Å². The molecule has 84 valence electrons. The van der Waals surface area contributed by atoms with Gasteiger partial charge in [0.15, 0.2) is 6.20 Å². The summed E-state index contributed by atoms with van der Waals surface area (Å²) in [6, 6.07) is 1.21. The van der Waals surface area contributed by atoms with Crippen molar-refractivity contribution in [2.24, 2.45) is 0 Å². The number of aromatic nitrogens is 1. The Labute approximate surface area is 91.1 Å². The summed E-state index contributed by atoms with van der Waals surface area (Å²) in [7, 11) is 0. The van der Waals surface area contributed by atoms with Crippen LogP contribution in [0.15, 0.2) is 24.9 Å². The second-order valence-corrected chi connectivity index (χ2v) is 2.90. The van der Waals surface area contributed by atoms with Crippen LogP contribution >= 0.6 is 0 Å². The first kappa shape index (κ1) is 11.6. The minimum absolute atomic E-state index is 0.160. The monoisotopic (exact) mass is 222 g/mol. The normalized spacial score (nSPS) is 9.50. The number of anilines is 1. The first-order valence-corrected chi connectivity index (χ1v) is 4.35. The van der Waals surface area contributed by atoms with E-state index in [2.05, 4.69) is 16.9 Å². The number of hydrogen-bond donors (Lipinski definition) is 2.